The molecule has 2 rings (SSSR count). The first-order valence-electron chi connectivity index (χ1n) is 5.19. The highest BCUT2D eigenvalue weighted by Gasteiger charge is 2.07. The fourth-order valence-electron chi connectivity index (χ4n) is 1.45. The topological polar surface area (TPSA) is 46.9 Å². The maximum absolute atomic E-state index is 11.8. The molecule has 2 aromatic rings. The predicted molar refractivity (Wildman–Crippen MR) is 69.7 cm³/mol. The molecule has 0 fully saturated rings. The maximum atomic E-state index is 11.8. The largest absolute Gasteiger partial charge is 0.323 e. The lowest BCUT2D eigenvalue weighted by atomic mass is 10.3. The Bertz CT molecular complexity index is 536. The molecule has 5 heteroatoms. The van der Waals surface area contributed by atoms with Crippen LogP contribution in [0.3, 0.4) is 0 Å². The van der Waals surface area contributed by atoms with E-state index in [9.17, 15) is 4.79 Å². The van der Waals surface area contributed by atoms with E-state index in [4.69, 9.17) is 0 Å². The van der Waals surface area contributed by atoms with Crippen LogP contribution in [0.4, 0.5) is 5.69 Å². The van der Waals surface area contributed by atoms with Crippen LogP contribution in [0, 0.1) is 6.92 Å². The third-order valence-corrected chi connectivity index (χ3v) is 3.06. The van der Waals surface area contributed by atoms with E-state index in [2.05, 4.69) is 26.3 Å². The second kappa shape index (κ2) is 5.14. The zero-order chi connectivity index (χ0) is 12.3. The lowest BCUT2D eigenvalue weighted by molar-refractivity contribution is -0.116. The van der Waals surface area contributed by atoms with Crippen LogP contribution >= 0.6 is 15.9 Å². The van der Waals surface area contributed by atoms with Crippen molar-refractivity contribution in [1.29, 1.82) is 0 Å². The second-order valence-electron chi connectivity index (χ2n) is 3.66. The number of anilines is 1. The molecular formula is C12H12BrN3O. The van der Waals surface area contributed by atoms with E-state index in [-0.39, 0.29) is 12.5 Å². The van der Waals surface area contributed by atoms with Crippen LogP contribution in [0.1, 0.15) is 5.69 Å². The Morgan fingerprint density at radius 3 is 2.82 bits per heavy atom. The van der Waals surface area contributed by atoms with E-state index in [0.29, 0.717) is 0 Å². The van der Waals surface area contributed by atoms with Crippen molar-refractivity contribution in [3.8, 4) is 0 Å². The van der Waals surface area contributed by atoms with E-state index >= 15 is 0 Å². The van der Waals surface area contributed by atoms with Gasteiger partial charge in [0.1, 0.15) is 6.54 Å². The minimum absolute atomic E-state index is 0.0938. The number of benzene rings is 1. The van der Waals surface area contributed by atoms with Crippen molar-refractivity contribution in [2.45, 2.75) is 13.5 Å². The number of carbonyl (C=O) groups is 1. The number of aromatic nitrogens is 2. The van der Waals surface area contributed by atoms with Crippen molar-refractivity contribution >= 4 is 27.5 Å². The first-order chi connectivity index (χ1) is 8.16. The number of nitrogens with one attached hydrogen (secondary N) is 1. The van der Waals surface area contributed by atoms with Gasteiger partial charge >= 0.3 is 0 Å². The van der Waals surface area contributed by atoms with E-state index in [1.54, 1.807) is 10.9 Å². The fraction of sp³-hybridized carbons (Fsp3) is 0.167. The predicted octanol–water partition coefficient (Wildman–Crippen LogP) is 2.59. The first-order valence-corrected chi connectivity index (χ1v) is 5.99. The Labute approximate surface area is 108 Å². The van der Waals surface area contributed by atoms with Crippen molar-refractivity contribution in [2.24, 2.45) is 0 Å². The van der Waals surface area contributed by atoms with Crippen molar-refractivity contribution in [3.05, 3.63) is 46.7 Å². The quantitative estimate of drug-likeness (QED) is 0.945. The van der Waals surface area contributed by atoms with Gasteiger partial charge in [0.2, 0.25) is 5.91 Å². The summed E-state index contributed by atoms with van der Waals surface area (Å²) in [6.07, 6.45) is 1.68. The highest BCUT2D eigenvalue weighted by Crippen LogP contribution is 2.21. The molecule has 0 atom stereocenters. The number of hydrogen-bond acceptors (Lipinski definition) is 2. The Morgan fingerprint density at radius 2 is 2.18 bits per heavy atom. The molecular weight excluding hydrogens is 282 g/mol. The molecule has 1 N–H and O–H groups in total. The van der Waals surface area contributed by atoms with Gasteiger partial charge in [0, 0.05) is 16.4 Å². The Morgan fingerprint density at radius 1 is 1.41 bits per heavy atom. The summed E-state index contributed by atoms with van der Waals surface area (Å²) < 4.78 is 2.53. The molecule has 0 bridgehead atoms. The van der Waals surface area contributed by atoms with Gasteiger partial charge in [-0.3, -0.25) is 9.48 Å². The lowest BCUT2D eigenvalue weighted by Crippen LogP contribution is -2.20. The molecule has 0 aliphatic rings. The number of nitrogens with zero attached hydrogens (tertiary/aromatic N) is 2. The number of amides is 1. The van der Waals surface area contributed by atoms with E-state index in [1.807, 2.05) is 37.3 Å². The maximum Gasteiger partial charge on any atom is 0.246 e. The van der Waals surface area contributed by atoms with Gasteiger partial charge in [0.05, 0.1) is 5.69 Å². The van der Waals surface area contributed by atoms with Crippen LogP contribution in [0.2, 0.25) is 0 Å². The highest BCUT2D eigenvalue weighted by atomic mass is 79.9. The SMILES string of the molecule is Cc1ccnn1CC(=O)Nc1ccccc1Br. The average Bonchev–Trinajstić information content (AvgIpc) is 2.68. The summed E-state index contributed by atoms with van der Waals surface area (Å²) >= 11 is 3.38. The van der Waals surface area contributed by atoms with E-state index in [0.717, 1.165) is 15.9 Å². The smallest absolute Gasteiger partial charge is 0.246 e. The number of aryl methyl sites for hydroxylation is 1. The van der Waals surface area contributed by atoms with Gasteiger partial charge < -0.3 is 5.32 Å². The van der Waals surface area contributed by atoms with Gasteiger partial charge in [-0.15, -0.1) is 0 Å². The minimum atomic E-state index is -0.0938. The average molecular weight is 294 g/mol. The third kappa shape index (κ3) is 2.94. The normalized spacial score (nSPS) is 10.2. The second-order valence-corrected chi connectivity index (χ2v) is 4.51. The summed E-state index contributed by atoms with van der Waals surface area (Å²) in [7, 11) is 0. The third-order valence-electron chi connectivity index (χ3n) is 2.37. The van der Waals surface area contributed by atoms with Gasteiger partial charge in [-0.2, -0.15) is 5.10 Å². The molecule has 1 aromatic carbocycles. The number of halogens is 1. The molecule has 0 saturated heterocycles. The van der Waals surface area contributed by atoms with Gasteiger partial charge in [0.15, 0.2) is 0 Å². The molecule has 0 radical (unpaired) electrons. The van der Waals surface area contributed by atoms with Crippen molar-refractivity contribution in [2.75, 3.05) is 5.32 Å². The summed E-state index contributed by atoms with van der Waals surface area (Å²) in [5, 5.41) is 6.89. The van der Waals surface area contributed by atoms with E-state index < -0.39 is 0 Å². The molecule has 0 aliphatic heterocycles. The summed E-state index contributed by atoms with van der Waals surface area (Å²) in [5.74, 6) is -0.0938. The summed E-state index contributed by atoms with van der Waals surface area (Å²) in [6, 6.07) is 9.37. The number of rotatable bonds is 3. The minimum Gasteiger partial charge on any atom is -0.323 e. The lowest BCUT2D eigenvalue weighted by Gasteiger charge is -2.08. The Balaban J connectivity index is 2.03. The Kier molecular flexibility index (Phi) is 3.58. The van der Waals surface area contributed by atoms with Crippen LogP contribution in [-0.4, -0.2) is 15.7 Å². The van der Waals surface area contributed by atoms with Gasteiger partial charge in [-0.05, 0) is 41.1 Å². The van der Waals surface area contributed by atoms with Crippen LogP contribution in [0.25, 0.3) is 0 Å². The van der Waals surface area contributed by atoms with Crippen LogP contribution < -0.4 is 5.32 Å². The molecule has 17 heavy (non-hydrogen) atoms. The summed E-state index contributed by atoms with van der Waals surface area (Å²) in [4.78, 5) is 11.8. The molecule has 0 aliphatic carbocycles. The molecule has 4 nitrogen and oxygen atoms in total. The monoisotopic (exact) mass is 293 g/mol. The molecule has 0 unspecified atom stereocenters. The number of hydrogen-bond donors (Lipinski definition) is 1. The molecule has 0 spiro atoms. The van der Waals surface area contributed by atoms with Crippen LogP contribution in [-0.2, 0) is 11.3 Å². The van der Waals surface area contributed by atoms with Gasteiger partial charge in [-0.1, -0.05) is 12.1 Å². The van der Waals surface area contributed by atoms with Crippen molar-refractivity contribution in [1.82, 2.24) is 9.78 Å². The fourth-order valence-corrected chi connectivity index (χ4v) is 1.84. The first kappa shape index (κ1) is 11.9. The molecule has 1 aromatic heterocycles. The van der Waals surface area contributed by atoms with Gasteiger partial charge in [0.25, 0.3) is 0 Å². The van der Waals surface area contributed by atoms with Gasteiger partial charge in [-0.25, -0.2) is 0 Å². The Hall–Kier alpha value is -1.62. The van der Waals surface area contributed by atoms with E-state index in [1.165, 1.54) is 0 Å². The summed E-state index contributed by atoms with van der Waals surface area (Å²) in [5.41, 5.74) is 1.73. The van der Waals surface area contributed by atoms with Crippen molar-refractivity contribution in [3.63, 3.8) is 0 Å². The van der Waals surface area contributed by atoms with Crippen molar-refractivity contribution < 1.29 is 4.79 Å². The van der Waals surface area contributed by atoms with Crippen LogP contribution in [0.15, 0.2) is 41.0 Å². The number of carbonyl (C=O) groups excluding carboxylic acids is 1. The molecule has 88 valence electrons. The zero-order valence-electron chi connectivity index (χ0n) is 9.35. The van der Waals surface area contributed by atoms with Crippen LogP contribution in [0.5, 0.6) is 0 Å². The number of para-hydroxylation sites is 1. The molecule has 1 amide bonds. The molecule has 1 heterocycles. The highest BCUT2D eigenvalue weighted by molar-refractivity contribution is 9.10. The zero-order valence-corrected chi connectivity index (χ0v) is 10.9. The standard InChI is InChI=1S/C12H12BrN3O/c1-9-6-7-14-16(9)8-12(17)15-11-5-3-2-4-10(11)13/h2-7H,8H2,1H3,(H,15,17). The molecule has 0 saturated carbocycles. The summed E-state index contributed by atoms with van der Waals surface area (Å²) in [6.45, 7) is 2.14.